The van der Waals surface area contributed by atoms with E-state index in [-0.39, 0.29) is 11.5 Å². The first-order valence-electron chi connectivity index (χ1n) is 9.54. The Hall–Kier alpha value is -3.16. The van der Waals surface area contributed by atoms with Crippen LogP contribution in [0.5, 0.6) is 0 Å². The Kier molecular flexibility index (Phi) is 4.67. The molecule has 0 saturated heterocycles. The molecule has 0 aliphatic carbocycles. The molecule has 30 heavy (non-hydrogen) atoms. The molecule has 1 N–H and O–H groups in total. The third kappa shape index (κ3) is 2.98. The van der Waals surface area contributed by atoms with Gasteiger partial charge in [-0.15, -0.1) is 5.10 Å². The average molecular weight is 414 g/mol. The maximum Gasteiger partial charge on any atom is 0.266 e. The van der Waals surface area contributed by atoms with E-state index < -0.39 is 29.3 Å². The van der Waals surface area contributed by atoms with Gasteiger partial charge in [-0.05, 0) is 38.5 Å². The maximum absolute atomic E-state index is 14.5. The summed E-state index contributed by atoms with van der Waals surface area (Å²) in [6.07, 6.45) is -1.30. The molecule has 0 spiro atoms. The molecule has 2 heterocycles. The van der Waals surface area contributed by atoms with Crippen LogP contribution < -0.4 is 10.2 Å². The van der Waals surface area contributed by atoms with Gasteiger partial charge in [-0.2, -0.15) is 5.10 Å². The largest absolute Gasteiger partial charge is 0.361 e. The van der Waals surface area contributed by atoms with Gasteiger partial charge in [0.2, 0.25) is 5.91 Å². The predicted molar refractivity (Wildman–Crippen MR) is 109 cm³/mol. The van der Waals surface area contributed by atoms with Crippen LogP contribution in [0.4, 0.5) is 24.7 Å². The van der Waals surface area contributed by atoms with E-state index in [1.807, 2.05) is 26.0 Å². The first kappa shape index (κ1) is 20.1. The van der Waals surface area contributed by atoms with Crippen molar-refractivity contribution in [1.82, 2.24) is 10.2 Å². The van der Waals surface area contributed by atoms with Gasteiger partial charge >= 0.3 is 0 Å². The Labute approximate surface area is 171 Å². The molecule has 0 bridgehead atoms. The molecule has 1 aliphatic heterocycles. The number of nitrogens with zero attached hydrogens (tertiary/aromatic N) is 3. The van der Waals surface area contributed by atoms with E-state index in [9.17, 15) is 18.0 Å². The number of carbonyl (C=O) groups is 1. The summed E-state index contributed by atoms with van der Waals surface area (Å²) >= 11 is 0. The molecule has 3 aromatic rings. The number of likely N-dealkylation sites (N-methyl/N-ethyl adjacent to an activating group) is 1. The summed E-state index contributed by atoms with van der Waals surface area (Å²) in [5, 5.41) is 12.7. The fraction of sp³-hybridized carbons (Fsp3) is 0.318. The standard InChI is InChI=1S/C22H21F3N4O/c1-11(13-6-5-7-14(18(13)23)19(24)25)27-20-15-9-17-16(8-12(15)10-26-28-20)22(2,3)21(30)29(17)4/h5-11,19H,1-4H3,(H,27,28)/t11-/m1/s1. The third-order valence-corrected chi connectivity index (χ3v) is 5.76. The summed E-state index contributed by atoms with van der Waals surface area (Å²) in [4.78, 5) is 14.2. The van der Waals surface area contributed by atoms with Crippen molar-refractivity contribution in [2.45, 2.75) is 38.7 Å². The monoisotopic (exact) mass is 414 g/mol. The summed E-state index contributed by atoms with van der Waals surface area (Å²) in [6.45, 7) is 5.41. The second kappa shape index (κ2) is 6.97. The number of hydrogen-bond donors (Lipinski definition) is 1. The minimum absolute atomic E-state index is 0.0116. The number of alkyl halides is 2. The highest BCUT2D eigenvalue weighted by Crippen LogP contribution is 2.43. The molecule has 4 rings (SSSR count). The number of carbonyl (C=O) groups excluding carboxylic acids is 1. The molecule has 5 nitrogen and oxygen atoms in total. The highest BCUT2D eigenvalue weighted by atomic mass is 19.3. The van der Waals surface area contributed by atoms with E-state index in [4.69, 9.17) is 0 Å². The van der Waals surface area contributed by atoms with Crippen LogP contribution in [0.25, 0.3) is 10.8 Å². The number of rotatable bonds is 4. The molecular weight excluding hydrogens is 393 g/mol. The Bertz CT molecular complexity index is 1160. The normalized spacial score (nSPS) is 16.3. The Balaban J connectivity index is 1.77. The van der Waals surface area contributed by atoms with Gasteiger partial charge in [0.05, 0.1) is 23.2 Å². The maximum atomic E-state index is 14.5. The predicted octanol–water partition coefficient (Wildman–Crippen LogP) is 5.13. The molecule has 0 fully saturated rings. The van der Waals surface area contributed by atoms with Crippen molar-refractivity contribution in [3.8, 4) is 0 Å². The first-order chi connectivity index (χ1) is 14.1. The molecule has 1 atom stereocenters. The SMILES string of the molecule is C[C@@H](Nc1nncc2cc3c(cc12)N(C)C(=O)C3(C)C)c1cccc(C(F)F)c1F. The number of hydrogen-bond acceptors (Lipinski definition) is 4. The number of amides is 1. The van der Waals surface area contributed by atoms with E-state index in [1.54, 1.807) is 25.1 Å². The zero-order chi connectivity index (χ0) is 21.8. The molecule has 0 unspecified atom stereocenters. The smallest absolute Gasteiger partial charge is 0.266 e. The van der Waals surface area contributed by atoms with Crippen LogP contribution in [0.15, 0.2) is 36.5 Å². The summed E-state index contributed by atoms with van der Waals surface area (Å²) in [5.74, 6) is -0.564. The molecule has 1 aliphatic rings. The highest BCUT2D eigenvalue weighted by Gasteiger charge is 2.42. The number of anilines is 2. The van der Waals surface area contributed by atoms with Crippen LogP contribution in [-0.4, -0.2) is 23.2 Å². The van der Waals surface area contributed by atoms with Crippen molar-refractivity contribution in [1.29, 1.82) is 0 Å². The van der Waals surface area contributed by atoms with Gasteiger partial charge in [0.15, 0.2) is 5.82 Å². The van der Waals surface area contributed by atoms with Crippen molar-refractivity contribution in [3.05, 3.63) is 59.0 Å². The lowest BCUT2D eigenvalue weighted by atomic mass is 9.85. The van der Waals surface area contributed by atoms with Gasteiger partial charge in [-0.1, -0.05) is 18.2 Å². The minimum atomic E-state index is -2.89. The van der Waals surface area contributed by atoms with Gasteiger partial charge in [0.25, 0.3) is 6.43 Å². The fourth-order valence-corrected chi connectivity index (χ4v) is 4.00. The van der Waals surface area contributed by atoms with E-state index in [0.717, 1.165) is 22.7 Å². The first-order valence-corrected chi connectivity index (χ1v) is 9.54. The second-order valence-corrected chi connectivity index (χ2v) is 8.06. The Morgan fingerprint density at radius 2 is 1.87 bits per heavy atom. The minimum Gasteiger partial charge on any atom is -0.361 e. The van der Waals surface area contributed by atoms with Gasteiger partial charge in [-0.3, -0.25) is 4.79 Å². The van der Waals surface area contributed by atoms with Gasteiger partial charge in [0, 0.05) is 29.1 Å². The number of aromatic nitrogens is 2. The second-order valence-electron chi connectivity index (χ2n) is 8.06. The number of halogens is 3. The molecule has 156 valence electrons. The van der Waals surface area contributed by atoms with Crippen LogP contribution in [0.2, 0.25) is 0 Å². The topological polar surface area (TPSA) is 58.1 Å². The summed E-state index contributed by atoms with van der Waals surface area (Å²) in [6, 6.07) is 7.08. The van der Waals surface area contributed by atoms with Crippen molar-refractivity contribution < 1.29 is 18.0 Å². The van der Waals surface area contributed by atoms with E-state index in [0.29, 0.717) is 11.2 Å². The van der Waals surface area contributed by atoms with Gasteiger partial charge < -0.3 is 10.2 Å². The lowest BCUT2D eigenvalue weighted by molar-refractivity contribution is -0.121. The van der Waals surface area contributed by atoms with Crippen LogP contribution in [0.3, 0.4) is 0 Å². The van der Waals surface area contributed by atoms with E-state index in [2.05, 4.69) is 15.5 Å². The number of benzene rings is 2. The van der Waals surface area contributed by atoms with E-state index in [1.165, 1.54) is 12.1 Å². The summed E-state index contributed by atoms with van der Waals surface area (Å²) in [7, 11) is 1.72. The molecule has 8 heteroatoms. The van der Waals surface area contributed by atoms with Gasteiger partial charge in [0.1, 0.15) is 5.82 Å². The lowest BCUT2D eigenvalue weighted by Gasteiger charge is -2.19. The van der Waals surface area contributed by atoms with Crippen LogP contribution in [0.1, 0.15) is 49.9 Å². The van der Waals surface area contributed by atoms with Crippen LogP contribution >= 0.6 is 0 Å². The third-order valence-electron chi connectivity index (χ3n) is 5.76. The zero-order valence-corrected chi connectivity index (χ0v) is 17.0. The average Bonchev–Trinajstić information content (AvgIpc) is 2.87. The Morgan fingerprint density at radius 1 is 1.17 bits per heavy atom. The van der Waals surface area contributed by atoms with Crippen molar-refractivity contribution in [3.63, 3.8) is 0 Å². The molecule has 1 amide bonds. The summed E-state index contributed by atoms with van der Waals surface area (Å²) < 4.78 is 40.6. The molecule has 0 saturated carbocycles. The lowest BCUT2D eigenvalue weighted by Crippen LogP contribution is -2.33. The van der Waals surface area contributed by atoms with Crippen molar-refractivity contribution >= 4 is 28.2 Å². The van der Waals surface area contributed by atoms with Crippen LogP contribution in [0, 0.1) is 5.82 Å². The molecular formula is C22H21F3N4O. The molecule has 2 aromatic carbocycles. The summed E-state index contributed by atoms with van der Waals surface area (Å²) in [5.41, 5.74) is 0.491. The molecule has 1 aromatic heterocycles. The highest BCUT2D eigenvalue weighted by molar-refractivity contribution is 6.10. The Morgan fingerprint density at radius 3 is 2.57 bits per heavy atom. The number of nitrogens with one attached hydrogen (secondary N) is 1. The van der Waals surface area contributed by atoms with Crippen LogP contribution in [-0.2, 0) is 10.2 Å². The molecule has 0 radical (unpaired) electrons. The van der Waals surface area contributed by atoms with Gasteiger partial charge in [-0.25, -0.2) is 13.2 Å². The number of fused-ring (bicyclic) bond motifs is 2. The van der Waals surface area contributed by atoms with E-state index >= 15 is 0 Å². The zero-order valence-electron chi connectivity index (χ0n) is 17.0. The quantitative estimate of drug-likeness (QED) is 0.643. The van der Waals surface area contributed by atoms with Crippen molar-refractivity contribution in [2.24, 2.45) is 0 Å². The fourth-order valence-electron chi connectivity index (χ4n) is 4.00. The van der Waals surface area contributed by atoms with Crippen molar-refractivity contribution in [2.75, 3.05) is 17.3 Å².